The zero-order valence-electron chi connectivity index (χ0n) is 20.4. The van der Waals surface area contributed by atoms with Gasteiger partial charge in [0, 0.05) is 12.8 Å². The maximum absolute atomic E-state index is 11.7. The van der Waals surface area contributed by atoms with Crippen molar-refractivity contribution < 1.29 is 19.1 Å². The zero-order valence-corrected chi connectivity index (χ0v) is 20.4. The highest BCUT2D eigenvalue weighted by Gasteiger charge is 2.06. The second kappa shape index (κ2) is 22.6. The fourth-order valence-electron chi connectivity index (χ4n) is 3.43. The smallest absolute Gasteiger partial charge is 0.305 e. The lowest BCUT2D eigenvalue weighted by molar-refractivity contribution is -0.144. The number of hydrogen-bond acceptors (Lipinski definition) is 4. The van der Waals surface area contributed by atoms with E-state index in [1.165, 1.54) is 70.6 Å². The van der Waals surface area contributed by atoms with Crippen molar-refractivity contribution in [3.05, 3.63) is 0 Å². The van der Waals surface area contributed by atoms with E-state index in [1.807, 2.05) is 13.8 Å². The first-order valence-electron chi connectivity index (χ1n) is 12.9. The number of rotatable bonds is 22. The normalized spacial score (nSPS) is 11.1. The summed E-state index contributed by atoms with van der Waals surface area (Å²) < 4.78 is 10.4. The average Bonchev–Trinajstić information content (AvgIpc) is 2.72. The third-order valence-corrected chi connectivity index (χ3v) is 5.35. The molecule has 0 atom stereocenters. The number of unbranched alkanes of at least 4 members (excludes halogenated alkanes) is 14. The Hall–Kier alpha value is -1.06. The van der Waals surface area contributed by atoms with Gasteiger partial charge in [-0.3, -0.25) is 9.59 Å². The van der Waals surface area contributed by atoms with Crippen LogP contribution in [-0.2, 0) is 19.1 Å². The Balaban J connectivity index is 3.24. The molecule has 4 heteroatoms. The van der Waals surface area contributed by atoms with Gasteiger partial charge in [-0.2, -0.15) is 0 Å². The molecule has 0 saturated carbocycles. The lowest BCUT2D eigenvalue weighted by Gasteiger charge is -2.07. The van der Waals surface area contributed by atoms with Crippen LogP contribution < -0.4 is 0 Å². The Kier molecular flexibility index (Phi) is 21.8. The quantitative estimate of drug-likeness (QED) is 0.131. The highest BCUT2D eigenvalue weighted by Crippen LogP contribution is 2.12. The minimum atomic E-state index is -0.131. The van der Waals surface area contributed by atoms with Crippen molar-refractivity contribution in [2.75, 3.05) is 13.2 Å². The van der Waals surface area contributed by atoms with Crippen molar-refractivity contribution >= 4 is 11.9 Å². The van der Waals surface area contributed by atoms with E-state index in [9.17, 15) is 9.59 Å². The van der Waals surface area contributed by atoms with Gasteiger partial charge in [-0.05, 0) is 25.2 Å². The van der Waals surface area contributed by atoms with Crippen LogP contribution in [0.5, 0.6) is 0 Å². The molecule has 0 aromatic rings. The zero-order chi connectivity index (χ0) is 22.3. The van der Waals surface area contributed by atoms with E-state index >= 15 is 0 Å². The molecule has 0 heterocycles. The molecule has 0 saturated heterocycles. The Labute approximate surface area is 186 Å². The van der Waals surface area contributed by atoms with Crippen LogP contribution in [0.2, 0.25) is 0 Å². The second-order valence-electron chi connectivity index (χ2n) is 9.10. The molecule has 0 aliphatic heterocycles. The molecule has 0 spiro atoms. The molecule has 0 aliphatic carbocycles. The third-order valence-electron chi connectivity index (χ3n) is 5.35. The molecular formula is C26H50O4. The molecule has 0 rings (SSSR count). The van der Waals surface area contributed by atoms with Crippen LogP contribution in [0.3, 0.4) is 0 Å². The fourth-order valence-corrected chi connectivity index (χ4v) is 3.43. The van der Waals surface area contributed by atoms with E-state index in [0.717, 1.165) is 32.1 Å². The predicted octanol–water partition coefficient (Wildman–Crippen LogP) is 7.77. The van der Waals surface area contributed by atoms with Gasteiger partial charge in [0.1, 0.15) is 0 Å². The molecule has 0 aromatic carbocycles. The molecule has 30 heavy (non-hydrogen) atoms. The van der Waals surface area contributed by atoms with Gasteiger partial charge in [-0.1, -0.05) is 104 Å². The van der Waals surface area contributed by atoms with Gasteiger partial charge in [-0.25, -0.2) is 0 Å². The summed E-state index contributed by atoms with van der Waals surface area (Å²) in [4.78, 5) is 23.2. The van der Waals surface area contributed by atoms with Crippen LogP contribution in [-0.4, -0.2) is 25.2 Å². The Morgan fingerprint density at radius 1 is 0.567 bits per heavy atom. The monoisotopic (exact) mass is 426 g/mol. The Morgan fingerprint density at radius 3 is 1.43 bits per heavy atom. The first kappa shape index (κ1) is 28.9. The molecular weight excluding hydrogens is 376 g/mol. The molecule has 0 aliphatic rings. The predicted molar refractivity (Wildman–Crippen MR) is 126 cm³/mol. The standard InChI is InChI=1S/C26H50O4/c1-4-5-6-7-8-9-10-11-12-13-14-15-19-22-29-25(27)20-17-16-18-21-26(28)30-23-24(2)3/h24H,4-23H2,1-3H3. The Morgan fingerprint density at radius 2 is 0.967 bits per heavy atom. The summed E-state index contributed by atoms with van der Waals surface area (Å²) >= 11 is 0. The second-order valence-corrected chi connectivity index (χ2v) is 9.10. The van der Waals surface area contributed by atoms with Gasteiger partial charge < -0.3 is 9.47 Å². The van der Waals surface area contributed by atoms with E-state index < -0.39 is 0 Å². The highest BCUT2D eigenvalue weighted by atomic mass is 16.5. The van der Waals surface area contributed by atoms with Crippen molar-refractivity contribution in [1.29, 1.82) is 0 Å². The topological polar surface area (TPSA) is 52.6 Å². The van der Waals surface area contributed by atoms with Crippen molar-refractivity contribution in [2.45, 2.75) is 136 Å². The number of esters is 2. The summed E-state index contributed by atoms with van der Waals surface area (Å²) in [5.41, 5.74) is 0. The first-order chi connectivity index (χ1) is 14.6. The largest absolute Gasteiger partial charge is 0.466 e. The summed E-state index contributed by atoms with van der Waals surface area (Å²) in [6.07, 6.45) is 20.5. The minimum Gasteiger partial charge on any atom is -0.466 e. The van der Waals surface area contributed by atoms with Gasteiger partial charge in [0.05, 0.1) is 13.2 Å². The number of ether oxygens (including phenoxy) is 2. The van der Waals surface area contributed by atoms with Crippen LogP contribution in [0, 0.1) is 5.92 Å². The number of hydrogen-bond donors (Lipinski definition) is 0. The highest BCUT2D eigenvalue weighted by molar-refractivity contribution is 5.69. The third kappa shape index (κ3) is 23.2. The lowest BCUT2D eigenvalue weighted by atomic mass is 10.0. The van der Waals surface area contributed by atoms with Gasteiger partial charge in [-0.15, -0.1) is 0 Å². The van der Waals surface area contributed by atoms with Crippen LogP contribution in [0.1, 0.15) is 136 Å². The fraction of sp³-hybridized carbons (Fsp3) is 0.923. The van der Waals surface area contributed by atoms with E-state index in [4.69, 9.17) is 9.47 Å². The summed E-state index contributed by atoms with van der Waals surface area (Å²) in [6, 6.07) is 0. The molecule has 0 aromatic heterocycles. The van der Waals surface area contributed by atoms with E-state index in [1.54, 1.807) is 0 Å². The molecule has 0 bridgehead atoms. The van der Waals surface area contributed by atoms with Crippen LogP contribution >= 0.6 is 0 Å². The van der Waals surface area contributed by atoms with Crippen molar-refractivity contribution in [1.82, 2.24) is 0 Å². The summed E-state index contributed by atoms with van der Waals surface area (Å²) in [5.74, 6) is 0.142. The van der Waals surface area contributed by atoms with Gasteiger partial charge in [0.15, 0.2) is 0 Å². The van der Waals surface area contributed by atoms with Gasteiger partial charge in [0.2, 0.25) is 0 Å². The molecule has 0 unspecified atom stereocenters. The van der Waals surface area contributed by atoms with E-state index in [0.29, 0.717) is 32.0 Å². The summed E-state index contributed by atoms with van der Waals surface area (Å²) in [5, 5.41) is 0. The number of carbonyl (C=O) groups excluding carboxylic acids is 2. The van der Waals surface area contributed by atoms with Gasteiger partial charge in [0.25, 0.3) is 0 Å². The van der Waals surface area contributed by atoms with E-state index in [-0.39, 0.29) is 11.9 Å². The Bertz CT molecular complexity index is 392. The minimum absolute atomic E-state index is 0.101. The summed E-state index contributed by atoms with van der Waals surface area (Å²) in [6.45, 7) is 7.36. The van der Waals surface area contributed by atoms with Crippen LogP contribution in [0.15, 0.2) is 0 Å². The average molecular weight is 427 g/mol. The van der Waals surface area contributed by atoms with Crippen molar-refractivity contribution in [3.63, 3.8) is 0 Å². The number of carbonyl (C=O) groups is 2. The molecule has 178 valence electrons. The van der Waals surface area contributed by atoms with Crippen LogP contribution in [0.25, 0.3) is 0 Å². The molecule has 0 N–H and O–H groups in total. The van der Waals surface area contributed by atoms with Crippen LogP contribution in [0.4, 0.5) is 0 Å². The maximum Gasteiger partial charge on any atom is 0.305 e. The van der Waals surface area contributed by atoms with Gasteiger partial charge >= 0.3 is 11.9 Å². The molecule has 0 fully saturated rings. The van der Waals surface area contributed by atoms with E-state index in [2.05, 4.69) is 6.92 Å². The molecule has 0 radical (unpaired) electrons. The van der Waals surface area contributed by atoms with Crippen molar-refractivity contribution in [3.8, 4) is 0 Å². The SMILES string of the molecule is CCCCCCCCCCCCCCCOC(=O)CCCCCC(=O)OCC(C)C. The van der Waals surface area contributed by atoms with Crippen molar-refractivity contribution in [2.24, 2.45) is 5.92 Å². The molecule has 4 nitrogen and oxygen atoms in total. The summed E-state index contributed by atoms with van der Waals surface area (Å²) in [7, 11) is 0. The maximum atomic E-state index is 11.7. The first-order valence-corrected chi connectivity index (χ1v) is 12.9. The molecule has 0 amide bonds. The lowest BCUT2D eigenvalue weighted by Crippen LogP contribution is -2.09.